The Morgan fingerprint density at radius 2 is 1.89 bits per heavy atom. The molecule has 0 fully saturated rings. The first-order chi connectivity index (χ1) is 17.2. The van der Waals surface area contributed by atoms with Crippen molar-refractivity contribution in [1.82, 2.24) is 18.7 Å². The molecule has 5 rings (SSSR count). The van der Waals surface area contributed by atoms with Crippen molar-refractivity contribution < 1.29 is 19.4 Å². The fraction of sp³-hybridized carbons (Fsp3) is 0.370. The third-order valence-electron chi connectivity index (χ3n) is 6.45. The number of ether oxygens (including phenoxy) is 2. The van der Waals surface area contributed by atoms with E-state index in [1.165, 1.54) is 4.57 Å². The maximum absolute atomic E-state index is 13.3. The lowest BCUT2D eigenvalue weighted by atomic mass is 10.0. The maximum atomic E-state index is 13.3. The normalized spacial score (nSPS) is 12.9. The Hall–Kier alpha value is -4.01. The van der Waals surface area contributed by atoms with E-state index in [1.807, 2.05) is 24.3 Å². The summed E-state index contributed by atoms with van der Waals surface area (Å²) in [7, 11) is 1.59. The van der Waals surface area contributed by atoms with Crippen molar-refractivity contribution in [3.8, 4) is 11.8 Å². The van der Waals surface area contributed by atoms with Crippen molar-refractivity contribution in [3.63, 3.8) is 0 Å². The Kier molecular flexibility index (Phi) is 5.86. The van der Waals surface area contributed by atoms with Crippen LogP contribution in [-0.2, 0) is 35.6 Å². The highest BCUT2D eigenvalue weighted by molar-refractivity contribution is 5.86. The fourth-order valence-electron chi connectivity index (χ4n) is 4.87. The van der Waals surface area contributed by atoms with Crippen molar-refractivity contribution in [3.05, 3.63) is 75.6 Å². The highest BCUT2D eigenvalue weighted by atomic mass is 16.6. The molecule has 0 aliphatic carbocycles. The van der Waals surface area contributed by atoms with Crippen LogP contribution in [0.1, 0.15) is 49.7 Å². The molecule has 0 radical (unpaired) electrons. The Morgan fingerprint density at radius 1 is 1.11 bits per heavy atom. The summed E-state index contributed by atoms with van der Waals surface area (Å²) in [6, 6.07) is 11.9. The molecule has 4 heterocycles. The van der Waals surface area contributed by atoms with E-state index < -0.39 is 11.6 Å². The van der Waals surface area contributed by atoms with E-state index in [-0.39, 0.29) is 24.5 Å². The molecule has 1 N–H and O–H groups in total. The fourth-order valence-corrected chi connectivity index (χ4v) is 4.87. The number of pyridine rings is 1. The van der Waals surface area contributed by atoms with E-state index in [4.69, 9.17) is 9.47 Å². The largest absolute Gasteiger partial charge is 0.493 e. The van der Waals surface area contributed by atoms with Crippen molar-refractivity contribution in [2.45, 2.75) is 58.8 Å². The van der Waals surface area contributed by atoms with E-state index in [9.17, 15) is 14.7 Å². The second kappa shape index (κ2) is 8.89. The summed E-state index contributed by atoms with van der Waals surface area (Å²) in [5.41, 5.74) is 3.80. The molecular formula is C27H30N4O5. The minimum absolute atomic E-state index is 0.000755. The van der Waals surface area contributed by atoms with Gasteiger partial charge in [0.25, 0.3) is 0 Å². The summed E-state index contributed by atoms with van der Waals surface area (Å²) in [6.07, 6.45) is 2.21. The first kappa shape index (κ1) is 23.7. The number of hydrogen-bond acceptors (Lipinski definition) is 6. The number of hydrogen-bond donors (Lipinski definition) is 1. The smallest absolute Gasteiger partial charge is 0.331 e. The maximum Gasteiger partial charge on any atom is 0.331 e. The predicted molar refractivity (Wildman–Crippen MR) is 135 cm³/mol. The summed E-state index contributed by atoms with van der Waals surface area (Å²) in [5, 5.41) is 12.0. The van der Waals surface area contributed by atoms with Crippen LogP contribution < -0.4 is 10.4 Å². The van der Waals surface area contributed by atoms with Gasteiger partial charge >= 0.3 is 11.7 Å². The van der Waals surface area contributed by atoms with E-state index in [0.29, 0.717) is 31.1 Å². The van der Waals surface area contributed by atoms with Gasteiger partial charge in [-0.25, -0.2) is 9.78 Å². The number of fused-ring (bicyclic) bond motifs is 4. The molecule has 0 saturated heterocycles. The monoisotopic (exact) mass is 490 g/mol. The van der Waals surface area contributed by atoms with Crippen molar-refractivity contribution in [1.29, 1.82) is 0 Å². The molecule has 3 aromatic heterocycles. The van der Waals surface area contributed by atoms with Crippen LogP contribution in [0.5, 0.6) is 11.8 Å². The van der Waals surface area contributed by atoms with E-state index in [0.717, 1.165) is 27.7 Å². The van der Waals surface area contributed by atoms with Gasteiger partial charge < -0.3 is 19.1 Å². The summed E-state index contributed by atoms with van der Waals surface area (Å²) >= 11 is 0. The summed E-state index contributed by atoms with van der Waals surface area (Å²) < 4.78 is 15.6. The summed E-state index contributed by atoms with van der Waals surface area (Å²) in [6.45, 7) is 6.36. The topological polar surface area (TPSA) is 101 Å². The number of methoxy groups -OCH3 is 1. The highest BCUT2D eigenvalue weighted by Gasteiger charge is 2.30. The molecule has 0 unspecified atom stereocenters. The Bertz CT molecular complexity index is 1500. The minimum Gasteiger partial charge on any atom is -0.493 e. The van der Waals surface area contributed by atoms with Crippen molar-refractivity contribution >= 4 is 16.9 Å². The lowest BCUT2D eigenvalue weighted by Crippen LogP contribution is -2.30. The Labute approximate surface area is 208 Å². The second-order valence-electron chi connectivity index (χ2n) is 10.0. The zero-order chi connectivity index (χ0) is 25.6. The quantitative estimate of drug-likeness (QED) is 0.366. The number of carbonyl (C=O) groups is 1. The first-order valence-electron chi connectivity index (χ1n) is 12.0. The van der Waals surface area contributed by atoms with Crippen LogP contribution in [-0.4, -0.2) is 42.5 Å². The lowest BCUT2D eigenvalue weighted by molar-refractivity contribution is -0.155. The molecule has 0 bridgehead atoms. The standard InChI is InChI=1S/C27H30N4O5/c1-27(2,3)36-24(32)11-12-29-25(33)21-13-19-18-7-5-6-8-20(18)30(22(19)16-31(21)26(29)34)15-17-9-10-23(35-4)28-14-17/h5-10,14,33H,11-13,15-16H2,1-4H3. The van der Waals surface area contributed by atoms with Crippen molar-refractivity contribution in [2.75, 3.05) is 7.11 Å². The molecule has 188 valence electrons. The van der Waals surface area contributed by atoms with Crippen LogP contribution in [0.4, 0.5) is 0 Å². The Balaban J connectivity index is 1.49. The minimum atomic E-state index is -0.606. The van der Waals surface area contributed by atoms with Crippen LogP contribution in [0.15, 0.2) is 47.4 Å². The summed E-state index contributed by atoms with van der Waals surface area (Å²) in [4.78, 5) is 29.8. The molecule has 9 heteroatoms. The highest BCUT2D eigenvalue weighted by Crippen LogP contribution is 2.35. The number of nitrogens with zero attached hydrogens (tertiary/aromatic N) is 4. The van der Waals surface area contributed by atoms with Gasteiger partial charge in [-0.15, -0.1) is 0 Å². The molecule has 0 atom stereocenters. The number of rotatable bonds is 6. The SMILES string of the molecule is COc1ccc(Cn2c3c(c4ccccc42)Cc2c(O)n(CCC(=O)OC(C)(C)C)c(=O)n2C3)cn1. The third-order valence-corrected chi connectivity index (χ3v) is 6.45. The van der Waals surface area contributed by atoms with Gasteiger partial charge in [0.15, 0.2) is 0 Å². The van der Waals surface area contributed by atoms with E-state index in [1.54, 1.807) is 38.6 Å². The van der Waals surface area contributed by atoms with Crippen LogP contribution in [0.25, 0.3) is 10.9 Å². The van der Waals surface area contributed by atoms with Gasteiger partial charge in [-0.1, -0.05) is 24.3 Å². The van der Waals surface area contributed by atoms with Crippen LogP contribution >= 0.6 is 0 Å². The number of imidazole rings is 1. The average Bonchev–Trinajstić information content (AvgIpc) is 3.27. The van der Waals surface area contributed by atoms with Gasteiger partial charge in [-0.2, -0.15) is 0 Å². The molecule has 0 amide bonds. The average molecular weight is 491 g/mol. The zero-order valence-corrected chi connectivity index (χ0v) is 20.9. The molecule has 0 spiro atoms. The predicted octanol–water partition coefficient (Wildman–Crippen LogP) is 3.45. The number of para-hydroxylation sites is 1. The molecule has 1 aliphatic rings. The van der Waals surface area contributed by atoms with Gasteiger partial charge in [-0.05, 0) is 38.0 Å². The number of esters is 1. The first-order valence-corrected chi connectivity index (χ1v) is 12.0. The van der Waals surface area contributed by atoms with Gasteiger partial charge in [0.1, 0.15) is 5.60 Å². The van der Waals surface area contributed by atoms with Gasteiger partial charge in [0.05, 0.1) is 25.8 Å². The second-order valence-corrected chi connectivity index (χ2v) is 10.0. The van der Waals surface area contributed by atoms with Gasteiger partial charge in [-0.3, -0.25) is 13.9 Å². The number of benzene rings is 1. The van der Waals surface area contributed by atoms with E-state index >= 15 is 0 Å². The third kappa shape index (κ3) is 4.25. The molecule has 36 heavy (non-hydrogen) atoms. The van der Waals surface area contributed by atoms with Crippen LogP contribution in [0.3, 0.4) is 0 Å². The summed E-state index contributed by atoms with van der Waals surface area (Å²) in [5.74, 6) is 0.0507. The molecule has 1 aromatic carbocycles. The molecule has 1 aliphatic heterocycles. The molecule has 9 nitrogen and oxygen atoms in total. The number of aromatic nitrogens is 4. The number of carbonyl (C=O) groups excluding carboxylic acids is 1. The van der Waals surface area contributed by atoms with Crippen LogP contribution in [0, 0.1) is 0 Å². The molecule has 4 aromatic rings. The lowest BCUT2D eigenvalue weighted by Gasteiger charge is -2.19. The van der Waals surface area contributed by atoms with Crippen molar-refractivity contribution in [2.24, 2.45) is 0 Å². The molecule has 0 saturated carbocycles. The van der Waals surface area contributed by atoms with Gasteiger partial charge in [0.2, 0.25) is 11.8 Å². The van der Waals surface area contributed by atoms with E-state index in [2.05, 4.69) is 21.7 Å². The zero-order valence-electron chi connectivity index (χ0n) is 20.9. The Morgan fingerprint density at radius 3 is 2.58 bits per heavy atom. The number of aromatic hydroxyl groups is 1. The molecular weight excluding hydrogens is 460 g/mol. The van der Waals surface area contributed by atoms with Crippen LogP contribution in [0.2, 0.25) is 0 Å². The van der Waals surface area contributed by atoms with Gasteiger partial charge in [0, 0.05) is 48.4 Å².